The molecule has 0 radical (unpaired) electrons. The van der Waals surface area contributed by atoms with E-state index in [0.717, 1.165) is 18.9 Å². The largest absolute Gasteiger partial charge is 0.354 e. The zero-order chi connectivity index (χ0) is 18.4. The fraction of sp³-hybridized carbons (Fsp3) is 0.455. The van der Waals surface area contributed by atoms with Crippen molar-refractivity contribution in [1.82, 2.24) is 19.4 Å². The summed E-state index contributed by atoms with van der Waals surface area (Å²) in [5.41, 5.74) is 4.47. The molecule has 1 aliphatic heterocycles. The normalized spacial score (nSPS) is 24.7. The highest BCUT2D eigenvalue weighted by Gasteiger charge is 2.39. The highest BCUT2D eigenvalue weighted by atomic mass is 15.1. The van der Waals surface area contributed by atoms with E-state index in [0.29, 0.717) is 17.9 Å². The minimum atomic E-state index is 0.632. The molecule has 1 aromatic carbocycles. The number of nitrogens with zero attached hydrogens (tertiary/aromatic N) is 4. The van der Waals surface area contributed by atoms with Crippen LogP contribution >= 0.6 is 0 Å². The Labute approximate surface area is 160 Å². The first-order valence-electron chi connectivity index (χ1n) is 9.98. The summed E-state index contributed by atoms with van der Waals surface area (Å²) in [5.74, 6) is 2.07. The van der Waals surface area contributed by atoms with Crippen LogP contribution < -0.4 is 5.32 Å². The minimum Gasteiger partial charge on any atom is -0.354 e. The lowest BCUT2D eigenvalue weighted by atomic mass is 9.72. The average Bonchev–Trinajstić information content (AvgIpc) is 3.01. The van der Waals surface area contributed by atoms with E-state index < -0.39 is 0 Å². The van der Waals surface area contributed by atoms with Crippen LogP contribution in [-0.4, -0.2) is 45.6 Å². The molecule has 5 nitrogen and oxygen atoms in total. The Bertz CT molecular complexity index is 948. The van der Waals surface area contributed by atoms with Crippen LogP contribution in [0.3, 0.4) is 0 Å². The molecule has 140 valence electrons. The third kappa shape index (κ3) is 2.90. The molecule has 5 heteroatoms. The number of aryl methyl sites for hydroxylation is 1. The number of likely N-dealkylation sites (tertiary alicyclic amines) is 1. The molecule has 0 amide bonds. The second kappa shape index (κ2) is 6.64. The molecule has 5 rings (SSSR count). The van der Waals surface area contributed by atoms with Gasteiger partial charge in [0.1, 0.15) is 0 Å². The van der Waals surface area contributed by atoms with Crippen molar-refractivity contribution in [3.8, 4) is 0 Å². The van der Waals surface area contributed by atoms with E-state index in [1.807, 2.05) is 6.07 Å². The van der Waals surface area contributed by atoms with Crippen LogP contribution in [0.15, 0.2) is 42.9 Å². The molecule has 0 spiro atoms. The van der Waals surface area contributed by atoms with Gasteiger partial charge in [0.25, 0.3) is 0 Å². The van der Waals surface area contributed by atoms with Crippen LogP contribution in [0.4, 0.5) is 5.95 Å². The molecule has 3 aromatic rings. The second-order valence-corrected chi connectivity index (χ2v) is 8.21. The van der Waals surface area contributed by atoms with E-state index in [4.69, 9.17) is 0 Å². The number of fused-ring (bicyclic) bond motifs is 2. The number of hydrogen-bond acceptors (Lipinski definition) is 4. The maximum Gasteiger partial charge on any atom is 0.222 e. The number of anilines is 1. The number of hydrogen-bond donors (Lipinski definition) is 1. The number of nitrogens with one attached hydrogen (secondary N) is 1. The predicted molar refractivity (Wildman–Crippen MR) is 109 cm³/mol. The number of likely N-dealkylation sites (N-methyl/N-ethyl adjacent to an activating group) is 1. The van der Waals surface area contributed by atoms with Gasteiger partial charge in [-0.05, 0) is 55.5 Å². The van der Waals surface area contributed by atoms with Crippen molar-refractivity contribution >= 4 is 16.9 Å². The monoisotopic (exact) mass is 361 g/mol. The van der Waals surface area contributed by atoms with Gasteiger partial charge in [-0.2, -0.15) is 0 Å². The van der Waals surface area contributed by atoms with E-state index in [1.165, 1.54) is 35.9 Å². The van der Waals surface area contributed by atoms with Crippen molar-refractivity contribution in [3.63, 3.8) is 0 Å². The number of rotatable bonds is 4. The number of aromatic nitrogens is 3. The van der Waals surface area contributed by atoms with Crippen molar-refractivity contribution in [2.75, 3.05) is 25.5 Å². The van der Waals surface area contributed by atoms with Gasteiger partial charge in [-0.1, -0.05) is 12.1 Å². The number of benzene rings is 1. The van der Waals surface area contributed by atoms with Crippen LogP contribution in [0.25, 0.3) is 10.9 Å². The van der Waals surface area contributed by atoms with Gasteiger partial charge >= 0.3 is 0 Å². The lowest BCUT2D eigenvalue weighted by Gasteiger charge is -2.45. The van der Waals surface area contributed by atoms with Crippen LogP contribution in [0.5, 0.6) is 0 Å². The van der Waals surface area contributed by atoms with Crippen LogP contribution in [0.2, 0.25) is 0 Å². The van der Waals surface area contributed by atoms with E-state index in [9.17, 15) is 0 Å². The molecule has 1 saturated heterocycles. The zero-order valence-electron chi connectivity index (χ0n) is 16.1. The highest BCUT2D eigenvalue weighted by Crippen LogP contribution is 2.45. The van der Waals surface area contributed by atoms with Gasteiger partial charge in [0.05, 0.1) is 0 Å². The maximum atomic E-state index is 4.26. The zero-order valence-corrected chi connectivity index (χ0v) is 16.1. The third-order valence-electron chi connectivity index (χ3n) is 6.52. The molecular formula is C22H27N5. The Balaban J connectivity index is 1.35. The standard InChI is InChI=1S/C22H27N5/c1-26-13-15(7-10-25-22-23-8-4-9-24-22)11-18-17-5-3-6-19-21(17)16(12-20(18)26)14-27(19)2/h3-6,8-9,14-15,18,20H,7,10-13H2,1-2H3,(H,23,24,25)/t15-,18-,20-/m1/s1. The predicted octanol–water partition coefficient (Wildman–Crippen LogP) is 3.43. The summed E-state index contributed by atoms with van der Waals surface area (Å²) in [4.78, 5) is 11.1. The van der Waals surface area contributed by atoms with Crippen molar-refractivity contribution in [3.05, 3.63) is 54.0 Å². The molecule has 0 saturated carbocycles. The van der Waals surface area contributed by atoms with Gasteiger partial charge in [-0.15, -0.1) is 0 Å². The van der Waals surface area contributed by atoms with E-state index in [-0.39, 0.29) is 0 Å². The van der Waals surface area contributed by atoms with Crippen molar-refractivity contribution in [1.29, 1.82) is 0 Å². The molecule has 3 heterocycles. The molecule has 0 unspecified atom stereocenters. The lowest BCUT2D eigenvalue weighted by molar-refractivity contribution is 0.109. The third-order valence-corrected chi connectivity index (χ3v) is 6.52. The summed E-state index contributed by atoms with van der Waals surface area (Å²) in [6, 6.07) is 9.35. The molecule has 27 heavy (non-hydrogen) atoms. The molecular weight excluding hydrogens is 334 g/mol. The highest BCUT2D eigenvalue weighted by molar-refractivity contribution is 5.89. The Hall–Kier alpha value is -2.40. The van der Waals surface area contributed by atoms with Gasteiger partial charge in [-0.25, -0.2) is 9.97 Å². The lowest BCUT2D eigenvalue weighted by Crippen LogP contribution is -2.48. The molecule has 3 atom stereocenters. The Morgan fingerprint density at radius 1 is 1.15 bits per heavy atom. The summed E-state index contributed by atoms with van der Waals surface area (Å²) in [5, 5.41) is 4.89. The smallest absolute Gasteiger partial charge is 0.222 e. The first-order chi connectivity index (χ1) is 13.2. The quantitative estimate of drug-likeness (QED) is 0.773. The maximum absolute atomic E-state index is 4.26. The molecule has 1 N–H and O–H groups in total. The van der Waals surface area contributed by atoms with Crippen molar-refractivity contribution < 1.29 is 0 Å². The fourth-order valence-corrected chi connectivity index (χ4v) is 5.32. The number of piperidine rings is 1. The van der Waals surface area contributed by atoms with Gasteiger partial charge in [0.15, 0.2) is 0 Å². The Morgan fingerprint density at radius 3 is 2.85 bits per heavy atom. The van der Waals surface area contributed by atoms with Crippen molar-refractivity contribution in [2.45, 2.75) is 31.2 Å². The van der Waals surface area contributed by atoms with Gasteiger partial charge in [-0.3, -0.25) is 0 Å². The Kier molecular flexibility index (Phi) is 4.12. The average molecular weight is 361 g/mol. The summed E-state index contributed by atoms with van der Waals surface area (Å²) >= 11 is 0. The Morgan fingerprint density at radius 2 is 2.00 bits per heavy atom. The van der Waals surface area contributed by atoms with Gasteiger partial charge in [0, 0.05) is 61.6 Å². The minimum absolute atomic E-state index is 0.632. The molecule has 0 bridgehead atoms. The summed E-state index contributed by atoms with van der Waals surface area (Å²) in [6.07, 6.45) is 9.53. The second-order valence-electron chi connectivity index (χ2n) is 8.21. The van der Waals surface area contributed by atoms with Gasteiger partial charge < -0.3 is 14.8 Å². The summed E-state index contributed by atoms with van der Waals surface area (Å²) < 4.78 is 2.30. The molecule has 1 aliphatic carbocycles. The van der Waals surface area contributed by atoms with E-state index in [2.05, 4.69) is 63.2 Å². The van der Waals surface area contributed by atoms with Crippen LogP contribution in [0.1, 0.15) is 29.9 Å². The van der Waals surface area contributed by atoms with Crippen molar-refractivity contribution in [2.24, 2.45) is 13.0 Å². The summed E-state index contributed by atoms with van der Waals surface area (Å²) in [7, 11) is 4.49. The van der Waals surface area contributed by atoms with Crippen LogP contribution in [-0.2, 0) is 13.5 Å². The SMILES string of the molecule is CN1C[C@H](CCNc2ncccn2)C[C@@H]2c3cccc4c3c(cn4C)C[C@H]21. The van der Waals surface area contributed by atoms with E-state index >= 15 is 0 Å². The van der Waals surface area contributed by atoms with Gasteiger partial charge in [0.2, 0.25) is 5.95 Å². The molecule has 2 aliphatic rings. The first-order valence-corrected chi connectivity index (χ1v) is 9.98. The first kappa shape index (κ1) is 16.8. The topological polar surface area (TPSA) is 46.0 Å². The summed E-state index contributed by atoms with van der Waals surface area (Å²) in [6.45, 7) is 2.11. The van der Waals surface area contributed by atoms with Crippen LogP contribution in [0, 0.1) is 5.92 Å². The fourth-order valence-electron chi connectivity index (χ4n) is 5.32. The molecule has 2 aromatic heterocycles. The van der Waals surface area contributed by atoms with E-state index in [1.54, 1.807) is 18.0 Å². The molecule has 1 fully saturated rings.